The van der Waals surface area contributed by atoms with Gasteiger partial charge in [0.1, 0.15) is 0 Å². The molecule has 3 rings (SSSR count). The van der Waals surface area contributed by atoms with Gasteiger partial charge >= 0.3 is 186 Å². The third-order valence-electron chi connectivity index (χ3n) is 5.10. The van der Waals surface area contributed by atoms with Crippen LogP contribution < -0.4 is 10.6 Å². The normalized spacial score (nSPS) is 11.9. The molecule has 180 valence electrons. The van der Waals surface area contributed by atoms with Crippen LogP contribution in [0.3, 0.4) is 0 Å². The number of hydrogen-bond donors (Lipinski definition) is 2. The molecule has 0 aliphatic carbocycles. The van der Waals surface area contributed by atoms with E-state index < -0.39 is 11.7 Å². The summed E-state index contributed by atoms with van der Waals surface area (Å²) in [4.78, 5) is 21.3. The Bertz CT molecular complexity index is 1270. The number of pyridine rings is 2. The first-order valence-electron chi connectivity index (χ1n) is 11.3. The molecule has 35 heavy (non-hydrogen) atoms. The van der Waals surface area contributed by atoms with E-state index in [-0.39, 0.29) is 11.1 Å². The Hall–Kier alpha value is -3.93. The summed E-state index contributed by atoms with van der Waals surface area (Å²) in [7, 11) is 1.11. The number of rotatable bonds is 6. The standard InChI is InChI=1S/C26H30BN5O3/c1-25(2,3)19-9-7-17(8-10-19)20-12-14-29-21-18(11-13-30-22(20)21)15-31-23(27-34-16-28)32-24(33)35-26(4,5)6/h7-14,31H,15H2,1-6H3,(H,32,33). The van der Waals surface area contributed by atoms with E-state index >= 15 is 0 Å². The van der Waals surface area contributed by atoms with Gasteiger partial charge in [-0.2, -0.15) is 0 Å². The van der Waals surface area contributed by atoms with Crippen LogP contribution in [0.1, 0.15) is 52.7 Å². The number of carbonyl (C=O) groups excluding carboxylic acids is 1. The van der Waals surface area contributed by atoms with Crippen LogP contribution in [0.25, 0.3) is 22.2 Å². The van der Waals surface area contributed by atoms with Crippen LogP contribution >= 0.6 is 0 Å². The Kier molecular flexibility index (Phi) is 7.75. The minimum atomic E-state index is -0.670. The summed E-state index contributed by atoms with van der Waals surface area (Å²) < 4.78 is 9.97. The summed E-state index contributed by atoms with van der Waals surface area (Å²) in [6.07, 6.45) is 4.37. The van der Waals surface area contributed by atoms with Gasteiger partial charge in [0, 0.05) is 0 Å². The van der Waals surface area contributed by atoms with E-state index in [1.54, 1.807) is 39.4 Å². The Morgan fingerprint density at radius 1 is 1.00 bits per heavy atom. The van der Waals surface area contributed by atoms with Crippen molar-refractivity contribution in [3.63, 3.8) is 0 Å². The molecule has 0 atom stereocenters. The van der Waals surface area contributed by atoms with Crippen molar-refractivity contribution >= 4 is 30.0 Å². The van der Waals surface area contributed by atoms with Crippen LogP contribution in [0.2, 0.25) is 0 Å². The zero-order chi connectivity index (χ0) is 25.6. The van der Waals surface area contributed by atoms with Crippen molar-refractivity contribution in [3.8, 4) is 17.4 Å². The van der Waals surface area contributed by atoms with Gasteiger partial charge in [0.05, 0.1) is 0 Å². The summed E-state index contributed by atoms with van der Waals surface area (Å²) in [5.41, 5.74) is 5.24. The molecule has 9 heteroatoms. The summed E-state index contributed by atoms with van der Waals surface area (Å²) in [6.45, 7) is 12.1. The van der Waals surface area contributed by atoms with Gasteiger partial charge in [-0.15, -0.1) is 0 Å². The van der Waals surface area contributed by atoms with Gasteiger partial charge in [0.15, 0.2) is 0 Å². The van der Waals surface area contributed by atoms with E-state index in [0.717, 1.165) is 34.8 Å². The Labute approximate surface area is 206 Å². The van der Waals surface area contributed by atoms with Gasteiger partial charge in [-0.1, -0.05) is 20.8 Å². The van der Waals surface area contributed by atoms with Crippen molar-refractivity contribution in [1.82, 2.24) is 20.6 Å². The summed E-state index contributed by atoms with van der Waals surface area (Å²) in [5.74, 6) is 0. The monoisotopic (exact) mass is 471 g/mol. The zero-order valence-corrected chi connectivity index (χ0v) is 21.0. The number of amides is 1. The summed E-state index contributed by atoms with van der Waals surface area (Å²) in [5, 5.41) is 14.4. The molecule has 0 fully saturated rings. The first kappa shape index (κ1) is 25.7. The Balaban J connectivity index is 1.86. The Morgan fingerprint density at radius 2 is 1.66 bits per heavy atom. The molecule has 0 aliphatic heterocycles. The van der Waals surface area contributed by atoms with Gasteiger partial charge in [0.2, 0.25) is 0 Å². The average molecular weight is 471 g/mol. The number of benzene rings is 1. The quantitative estimate of drug-likeness (QED) is 0.405. The molecule has 0 spiro atoms. The molecule has 1 amide bonds. The molecule has 0 bridgehead atoms. The van der Waals surface area contributed by atoms with Crippen LogP contribution in [-0.4, -0.2) is 34.5 Å². The molecule has 2 aromatic heterocycles. The maximum absolute atomic E-state index is 12.2. The molecular weight excluding hydrogens is 441 g/mol. The van der Waals surface area contributed by atoms with Crippen molar-refractivity contribution in [1.29, 1.82) is 5.26 Å². The second-order valence-electron chi connectivity index (χ2n) is 10.1. The number of fused-ring (bicyclic) bond motifs is 1. The fourth-order valence-corrected chi connectivity index (χ4v) is 3.43. The maximum atomic E-state index is 12.2. The minimum absolute atomic E-state index is 0.0732. The van der Waals surface area contributed by atoms with E-state index in [4.69, 9.17) is 14.7 Å². The number of alkyl carbamates (subject to hydrolysis) is 1. The third kappa shape index (κ3) is 7.03. The molecule has 1 aromatic carbocycles. The predicted octanol–water partition coefficient (Wildman–Crippen LogP) is 4.41. The molecule has 0 saturated heterocycles. The van der Waals surface area contributed by atoms with Crippen molar-refractivity contribution in [2.75, 3.05) is 0 Å². The van der Waals surface area contributed by atoms with Gasteiger partial charge in [-0.3, -0.25) is 0 Å². The average Bonchev–Trinajstić information content (AvgIpc) is 2.78. The van der Waals surface area contributed by atoms with E-state index in [1.807, 2.05) is 12.1 Å². The number of nitrogens with one attached hydrogen (secondary N) is 2. The van der Waals surface area contributed by atoms with Gasteiger partial charge in [-0.05, 0) is 0 Å². The number of ether oxygens (including phenoxy) is 1. The van der Waals surface area contributed by atoms with Gasteiger partial charge in [-0.25, -0.2) is 0 Å². The van der Waals surface area contributed by atoms with Gasteiger partial charge < -0.3 is 0 Å². The SMILES string of the molecule is CC(C)(C)OC(=O)NC(=BOC#N)NCc1ccnc2c(-c3ccc(C(C)(C)C)cc3)ccnc12. The molecule has 8 nitrogen and oxygen atoms in total. The second kappa shape index (κ2) is 10.6. The molecule has 2 heterocycles. The Morgan fingerprint density at radius 3 is 2.29 bits per heavy atom. The van der Waals surface area contributed by atoms with E-state index in [1.165, 1.54) is 5.56 Å². The molecule has 0 radical (unpaired) electrons. The fourth-order valence-electron chi connectivity index (χ4n) is 3.43. The van der Waals surface area contributed by atoms with Crippen LogP contribution in [0, 0.1) is 11.5 Å². The van der Waals surface area contributed by atoms with Crippen molar-refractivity contribution in [2.45, 2.75) is 59.1 Å². The van der Waals surface area contributed by atoms with Crippen molar-refractivity contribution in [2.24, 2.45) is 0 Å². The number of carbonyl (C=O) groups is 1. The molecule has 0 unspecified atom stereocenters. The predicted molar refractivity (Wildman–Crippen MR) is 137 cm³/mol. The molecule has 2 N–H and O–H groups in total. The number of hydrogen-bond acceptors (Lipinski definition) is 7. The fraction of sp³-hybridized carbons (Fsp3) is 0.346. The second-order valence-corrected chi connectivity index (χ2v) is 10.1. The summed E-state index contributed by atoms with van der Waals surface area (Å²) >= 11 is 0. The van der Waals surface area contributed by atoms with Crippen molar-refractivity contribution < 1.29 is 14.2 Å². The first-order chi connectivity index (χ1) is 16.5. The molecule has 3 aromatic rings. The first-order valence-corrected chi connectivity index (χ1v) is 11.3. The molecule has 0 aliphatic rings. The molecule has 0 saturated carbocycles. The van der Waals surface area contributed by atoms with Crippen molar-refractivity contribution in [3.05, 3.63) is 59.9 Å². The van der Waals surface area contributed by atoms with Crippen LogP contribution in [0.4, 0.5) is 4.79 Å². The number of nitriles is 1. The van der Waals surface area contributed by atoms with Crippen LogP contribution in [0.15, 0.2) is 48.8 Å². The molecular formula is C26H30BN5O3. The van der Waals surface area contributed by atoms with E-state index in [9.17, 15) is 4.79 Å². The number of aromatic nitrogens is 2. The van der Waals surface area contributed by atoms with E-state index in [2.05, 4.69) is 65.6 Å². The summed E-state index contributed by atoms with van der Waals surface area (Å²) in [6, 6.07) is 12.3. The number of nitrogens with zero attached hydrogens (tertiary/aromatic N) is 3. The topological polar surface area (TPSA) is 109 Å². The zero-order valence-electron chi connectivity index (χ0n) is 21.0. The van der Waals surface area contributed by atoms with Gasteiger partial charge in [0.25, 0.3) is 0 Å². The van der Waals surface area contributed by atoms with Crippen LogP contribution in [-0.2, 0) is 21.4 Å². The third-order valence-corrected chi connectivity index (χ3v) is 5.10. The van der Waals surface area contributed by atoms with E-state index in [0.29, 0.717) is 6.54 Å². The van der Waals surface area contributed by atoms with Crippen LogP contribution in [0.5, 0.6) is 0 Å².